The molecule has 160 valence electrons. The van der Waals surface area contributed by atoms with Crippen molar-refractivity contribution in [1.82, 2.24) is 9.80 Å². The highest BCUT2D eigenvalue weighted by Gasteiger charge is 2.53. The van der Waals surface area contributed by atoms with Crippen LogP contribution >= 0.6 is 0 Å². The summed E-state index contributed by atoms with van der Waals surface area (Å²) in [5.74, 6) is 5.38. The van der Waals surface area contributed by atoms with Gasteiger partial charge in [-0.05, 0) is 32.8 Å². The van der Waals surface area contributed by atoms with E-state index in [0.717, 1.165) is 12.0 Å². The molecule has 2 N–H and O–H groups in total. The van der Waals surface area contributed by atoms with Gasteiger partial charge in [0.05, 0.1) is 6.61 Å². The molecule has 1 aromatic carbocycles. The number of likely N-dealkylation sites (tertiary alicyclic amines) is 2. The summed E-state index contributed by atoms with van der Waals surface area (Å²) in [5, 5.41) is 0. The van der Waals surface area contributed by atoms with Crippen LogP contribution in [0.1, 0.15) is 32.8 Å². The fourth-order valence-corrected chi connectivity index (χ4v) is 4.17. The molecule has 1 aromatic rings. The lowest BCUT2D eigenvalue weighted by Gasteiger charge is -2.30. The minimum atomic E-state index is -0.546. The first-order chi connectivity index (χ1) is 13.7. The Morgan fingerprint density at radius 1 is 1.14 bits per heavy atom. The van der Waals surface area contributed by atoms with E-state index < -0.39 is 5.60 Å². The van der Waals surface area contributed by atoms with Gasteiger partial charge in [0, 0.05) is 37.5 Å². The van der Waals surface area contributed by atoms with Crippen LogP contribution < -0.4 is 5.90 Å². The van der Waals surface area contributed by atoms with Crippen LogP contribution in [0.4, 0.5) is 9.59 Å². The number of rotatable bonds is 4. The van der Waals surface area contributed by atoms with Crippen molar-refractivity contribution in [2.75, 3.05) is 32.8 Å². The number of nitrogens with two attached hydrogens (primary N) is 1. The van der Waals surface area contributed by atoms with Gasteiger partial charge in [0.25, 0.3) is 0 Å². The third-order valence-electron chi connectivity index (χ3n) is 5.61. The van der Waals surface area contributed by atoms with Gasteiger partial charge in [0.15, 0.2) is 0 Å². The van der Waals surface area contributed by atoms with Crippen molar-refractivity contribution < 1.29 is 23.9 Å². The molecule has 8 heteroatoms. The summed E-state index contributed by atoms with van der Waals surface area (Å²) >= 11 is 0. The number of nitrogens with zero attached hydrogens (tertiary/aromatic N) is 2. The number of hydrogen-bond donors (Lipinski definition) is 1. The van der Waals surface area contributed by atoms with Gasteiger partial charge in [-0.1, -0.05) is 30.3 Å². The molecule has 0 saturated carbocycles. The molecule has 2 fully saturated rings. The quantitative estimate of drug-likeness (QED) is 0.774. The normalized spacial score (nSPS) is 24.2. The first-order valence-corrected chi connectivity index (χ1v) is 9.98. The zero-order valence-electron chi connectivity index (χ0n) is 17.4. The van der Waals surface area contributed by atoms with Gasteiger partial charge in [-0.25, -0.2) is 15.5 Å². The standard InChI is InChI=1S/C21H31N3O5/c1-20(2,3)29-19(26)23-10-9-21(14-23)15-24(11-17(21)13-28-22)18(25)27-12-16-7-5-4-6-8-16/h4-8,17H,9-15,22H2,1-3H3. The summed E-state index contributed by atoms with van der Waals surface area (Å²) in [7, 11) is 0. The Kier molecular flexibility index (Phi) is 6.33. The van der Waals surface area contributed by atoms with E-state index >= 15 is 0 Å². The van der Waals surface area contributed by atoms with Gasteiger partial charge < -0.3 is 24.1 Å². The van der Waals surface area contributed by atoms with Gasteiger partial charge in [0.2, 0.25) is 0 Å². The third kappa shape index (κ3) is 5.19. The van der Waals surface area contributed by atoms with Crippen LogP contribution in [0.15, 0.2) is 30.3 Å². The van der Waals surface area contributed by atoms with Crippen LogP contribution in [0, 0.1) is 11.3 Å². The number of carbonyl (C=O) groups is 2. The van der Waals surface area contributed by atoms with Gasteiger partial charge in [0.1, 0.15) is 12.2 Å². The Hall–Kier alpha value is -2.32. The highest BCUT2D eigenvalue weighted by Crippen LogP contribution is 2.44. The molecule has 2 heterocycles. The predicted molar refractivity (Wildman–Crippen MR) is 107 cm³/mol. The van der Waals surface area contributed by atoms with E-state index in [9.17, 15) is 9.59 Å². The van der Waals surface area contributed by atoms with Crippen LogP contribution in [-0.4, -0.2) is 60.4 Å². The Morgan fingerprint density at radius 3 is 2.48 bits per heavy atom. The fraction of sp³-hybridized carbons (Fsp3) is 0.619. The summed E-state index contributed by atoms with van der Waals surface area (Å²) in [6, 6.07) is 9.57. The van der Waals surface area contributed by atoms with Crippen LogP contribution in [0.3, 0.4) is 0 Å². The summed E-state index contributed by atoms with van der Waals surface area (Å²) in [4.78, 5) is 33.5. The second-order valence-corrected chi connectivity index (χ2v) is 8.97. The minimum absolute atomic E-state index is 0.0317. The van der Waals surface area contributed by atoms with Gasteiger partial charge >= 0.3 is 12.2 Å². The van der Waals surface area contributed by atoms with Gasteiger partial charge in [-0.3, -0.25) is 0 Å². The Balaban J connectivity index is 1.63. The molecule has 2 atom stereocenters. The second-order valence-electron chi connectivity index (χ2n) is 8.97. The first kappa shape index (κ1) is 21.4. The molecule has 2 saturated heterocycles. The summed E-state index contributed by atoms with van der Waals surface area (Å²) in [5.41, 5.74) is 0.131. The molecular formula is C21H31N3O5. The molecule has 0 radical (unpaired) electrons. The van der Waals surface area contributed by atoms with Crippen LogP contribution in [-0.2, 0) is 20.9 Å². The average Bonchev–Trinajstić information content (AvgIpc) is 3.25. The number of ether oxygens (including phenoxy) is 2. The van der Waals surface area contributed by atoms with Crippen molar-refractivity contribution >= 4 is 12.2 Å². The fourth-order valence-electron chi connectivity index (χ4n) is 4.17. The van der Waals surface area contributed by atoms with Crippen LogP contribution in [0.2, 0.25) is 0 Å². The third-order valence-corrected chi connectivity index (χ3v) is 5.61. The van der Waals surface area contributed by atoms with Crippen molar-refractivity contribution in [2.45, 2.75) is 39.4 Å². The van der Waals surface area contributed by atoms with E-state index in [1.165, 1.54) is 0 Å². The van der Waals surface area contributed by atoms with Crippen molar-refractivity contribution in [2.24, 2.45) is 17.2 Å². The lowest BCUT2D eigenvalue weighted by Crippen LogP contribution is -2.40. The largest absolute Gasteiger partial charge is 0.445 e. The lowest BCUT2D eigenvalue weighted by atomic mass is 9.78. The zero-order valence-corrected chi connectivity index (χ0v) is 17.4. The topological polar surface area (TPSA) is 94.3 Å². The van der Waals surface area contributed by atoms with E-state index in [4.69, 9.17) is 20.2 Å². The monoisotopic (exact) mass is 405 g/mol. The maximum absolute atomic E-state index is 12.6. The molecule has 2 amide bonds. The zero-order chi connectivity index (χ0) is 21.1. The van der Waals surface area contributed by atoms with E-state index in [-0.39, 0.29) is 30.1 Å². The molecular weight excluding hydrogens is 374 g/mol. The minimum Gasteiger partial charge on any atom is -0.445 e. The predicted octanol–water partition coefficient (Wildman–Crippen LogP) is 2.77. The maximum Gasteiger partial charge on any atom is 0.410 e. The highest BCUT2D eigenvalue weighted by atomic mass is 16.6. The van der Waals surface area contributed by atoms with Crippen molar-refractivity contribution in [3.63, 3.8) is 0 Å². The molecule has 2 aliphatic heterocycles. The second kappa shape index (κ2) is 8.59. The molecule has 0 aliphatic carbocycles. The van der Waals surface area contributed by atoms with E-state index in [1.54, 1.807) is 9.80 Å². The lowest BCUT2D eigenvalue weighted by molar-refractivity contribution is 0.0234. The van der Waals surface area contributed by atoms with Crippen molar-refractivity contribution in [3.8, 4) is 0 Å². The van der Waals surface area contributed by atoms with E-state index in [1.807, 2.05) is 51.1 Å². The maximum atomic E-state index is 12.6. The van der Waals surface area contributed by atoms with Gasteiger partial charge in [-0.2, -0.15) is 0 Å². The van der Waals surface area contributed by atoms with Crippen molar-refractivity contribution in [1.29, 1.82) is 0 Å². The smallest absolute Gasteiger partial charge is 0.410 e. The average molecular weight is 405 g/mol. The molecule has 8 nitrogen and oxygen atoms in total. The van der Waals surface area contributed by atoms with Gasteiger partial charge in [-0.15, -0.1) is 0 Å². The molecule has 0 bridgehead atoms. The number of carbonyl (C=O) groups excluding carboxylic acids is 2. The molecule has 3 rings (SSSR count). The summed E-state index contributed by atoms with van der Waals surface area (Å²) < 4.78 is 11.0. The first-order valence-electron chi connectivity index (χ1n) is 9.98. The number of benzene rings is 1. The summed E-state index contributed by atoms with van der Waals surface area (Å²) in [6.45, 7) is 8.20. The Bertz CT molecular complexity index is 721. The highest BCUT2D eigenvalue weighted by molar-refractivity contribution is 5.70. The summed E-state index contributed by atoms with van der Waals surface area (Å²) in [6.07, 6.45) is 0.0818. The van der Waals surface area contributed by atoms with Crippen molar-refractivity contribution in [3.05, 3.63) is 35.9 Å². The number of amides is 2. The van der Waals surface area contributed by atoms with E-state index in [0.29, 0.717) is 32.8 Å². The Labute approximate surface area is 171 Å². The molecule has 29 heavy (non-hydrogen) atoms. The van der Waals surface area contributed by atoms with Crippen LogP contribution in [0.5, 0.6) is 0 Å². The molecule has 2 unspecified atom stereocenters. The molecule has 1 spiro atoms. The SMILES string of the molecule is CC(C)(C)OC(=O)N1CCC2(CN(C(=O)OCc3ccccc3)CC2CON)C1. The number of hydrogen-bond acceptors (Lipinski definition) is 6. The molecule has 2 aliphatic rings. The molecule has 0 aromatic heterocycles. The Morgan fingerprint density at radius 2 is 1.83 bits per heavy atom. The van der Waals surface area contributed by atoms with Crippen LogP contribution in [0.25, 0.3) is 0 Å². The van der Waals surface area contributed by atoms with E-state index in [2.05, 4.69) is 0 Å².